The summed E-state index contributed by atoms with van der Waals surface area (Å²) in [6.07, 6.45) is 5.08. The molecule has 6 aromatic rings. The average molecular weight is 1220 g/mol. The van der Waals surface area contributed by atoms with Gasteiger partial charge in [0.15, 0.2) is 0 Å². The van der Waals surface area contributed by atoms with E-state index in [0.717, 1.165) is 48.8 Å². The van der Waals surface area contributed by atoms with Crippen LogP contribution in [0.4, 0.5) is 0 Å². The van der Waals surface area contributed by atoms with Crippen LogP contribution in [-0.2, 0) is 60.6 Å². The van der Waals surface area contributed by atoms with Crippen molar-refractivity contribution < 1.29 is 56.8 Å². The fourth-order valence-corrected chi connectivity index (χ4v) is 14.5. The molecule has 5 heterocycles. The summed E-state index contributed by atoms with van der Waals surface area (Å²) in [5, 5.41) is 11.6. The van der Waals surface area contributed by atoms with Gasteiger partial charge in [-0.2, -0.15) is 0 Å². The highest BCUT2D eigenvalue weighted by atomic mass is 31.2. The van der Waals surface area contributed by atoms with Crippen LogP contribution in [0.2, 0.25) is 0 Å². The SMILES string of the molecule is CCOP(=O)(OCC)C(=O)c1ccc2[nH]c(C(=O)N[C@H]3CN(C(=O)CC4CCC(Cc5ccc6c(c5)n(C)c(=O)n6[C@@H]5CCC(=O)NC5=O)CC4)CC[C@H]4CC[C@@H](C(=O)N[C@@H](CCC(N)=O)C(=O)NC(c5ccccc5)c5ccccc5)N4C3=O)cc2c1. The molecular formula is C64H75N10O13P. The summed E-state index contributed by atoms with van der Waals surface area (Å²) < 4.78 is 27.0. The minimum atomic E-state index is -4.18. The maximum atomic E-state index is 15.3. The van der Waals surface area contributed by atoms with E-state index in [9.17, 15) is 47.7 Å². The van der Waals surface area contributed by atoms with Gasteiger partial charge in [-0.15, -0.1) is 0 Å². The number of aryl methyl sites for hydroxylation is 1. The van der Waals surface area contributed by atoms with E-state index in [-0.39, 0.29) is 99.5 Å². The van der Waals surface area contributed by atoms with Crippen molar-refractivity contribution in [2.45, 2.75) is 134 Å². The van der Waals surface area contributed by atoms with Crippen LogP contribution in [0.1, 0.15) is 141 Å². The van der Waals surface area contributed by atoms with Gasteiger partial charge in [-0.25, -0.2) is 4.79 Å². The lowest BCUT2D eigenvalue weighted by Crippen LogP contribution is -2.62. The number of aromatic nitrogens is 3. The number of nitrogens with zero attached hydrogens (tertiary/aromatic N) is 4. The van der Waals surface area contributed by atoms with Crippen LogP contribution in [0.15, 0.2) is 108 Å². The Morgan fingerprint density at radius 3 is 2.10 bits per heavy atom. The van der Waals surface area contributed by atoms with Gasteiger partial charge in [0.05, 0.1) is 30.3 Å². The van der Waals surface area contributed by atoms with Gasteiger partial charge in [-0.05, 0) is 143 Å². The van der Waals surface area contributed by atoms with Crippen molar-refractivity contribution in [2.24, 2.45) is 24.6 Å². The van der Waals surface area contributed by atoms with Crippen molar-refractivity contribution in [1.29, 1.82) is 0 Å². The number of hydrogen-bond acceptors (Lipinski definition) is 13. The third kappa shape index (κ3) is 13.8. The number of piperidine rings is 1. The van der Waals surface area contributed by atoms with E-state index in [4.69, 9.17) is 14.8 Å². The van der Waals surface area contributed by atoms with Gasteiger partial charge in [-0.3, -0.25) is 62.2 Å². The van der Waals surface area contributed by atoms with Crippen molar-refractivity contribution in [2.75, 3.05) is 26.3 Å². The van der Waals surface area contributed by atoms with Crippen molar-refractivity contribution in [3.8, 4) is 0 Å². The molecule has 464 valence electrons. The summed E-state index contributed by atoms with van der Waals surface area (Å²) >= 11 is 0. The van der Waals surface area contributed by atoms with Crippen LogP contribution in [-0.4, -0.2) is 127 Å². The number of amides is 8. The zero-order valence-electron chi connectivity index (χ0n) is 49.6. The van der Waals surface area contributed by atoms with Crippen LogP contribution in [0.3, 0.4) is 0 Å². The topological polar surface area (TPSA) is 312 Å². The largest absolute Gasteiger partial charge is 0.401 e. The summed E-state index contributed by atoms with van der Waals surface area (Å²) in [6, 6.07) is 24.7. The van der Waals surface area contributed by atoms with E-state index in [1.807, 2.05) is 78.9 Å². The van der Waals surface area contributed by atoms with Crippen molar-refractivity contribution in [1.82, 2.24) is 45.2 Å². The number of rotatable bonds is 22. The first kappa shape index (κ1) is 62.5. The second-order valence-electron chi connectivity index (χ2n) is 23.4. The molecule has 0 radical (unpaired) electrons. The summed E-state index contributed by atoms with van der Waals surface area (Å²) in [7, 11) is -2.52. The number of imide groups is 1. The monoisotopic (exact) mass is 1220 g/mol. The maximum absolute atomic E-state index is 15.3. The van der Waals surface area contributed by atoms with E-state index < -0.39 is 84.8 Å². The molecule has 8 amide bonds. The number of nitrogens with two attached hydrogens (primary N) is 1. The zero-order valence-corrected chi connectivity index (χ0v) is 50.5. The van der Waals surface area contributed by atoms with Crippen molar-refractivity contribution >= 4 is 82.3 Å². The Morgan fingerprint density at radius 1 is 0.761 bits per heavy atom. The summed E-state index contributed by atoms with van der Waals surface area (Å²) in [4.78, 5) is 143. The molecule has 7 N–H and O–H groups in total. The molecule has 10 rings (SSSR count). The van der Waals surface area contributed by atoms with E-state index >= 15 is 4.79 Å². The van der Waals surface area contributed by atoms with Gasteiger partial charge in [0.2, 0.25) is 41.4 Å². The summed E-state index contributed by atoms with van der Waals surface area (Å²) in [6.45, 7) is 3.10. The summed E-state index contributed by atoms with van der Waals surface area (Å²) in [5.74, 6) is -3.93. The molecule has 0 unspecified atom stereocenters. The van der Waals surface area contributed by atoms with Gasteiger partial charge >= 0.3 is 13.3 Å². The van der Waals surface area contributed by atoms with E-state index in [0.29, 0.717) is 40.7 Å². The minimum absolute atomic E-state index is 0.0105. The normalized spacial score (nSPS) is 21.1. The molecule has 1 saturated carbocycles. The predicted octanol–water partition coefficient (Wildman–Crippen LogP) is 5.99. The highest BCUT2D eigenvalue weighted by Crippen LogP contribution is 2.51. The zero-order chi connectivity index (χ0) is 62.4. The Labute approximate surface area is 508 Å². The molecule has 24 heteroatoms. The average Bonchev–Trinajstić information content (AvgIpc) is 1.84. The summed E-state index contributed by atoms with van der Waals surface area (Å²) in [5.41, 5.74) is 8.78. The lowest BCUT2D eigenvalue weighted by Gasteiger charge is -2.39. The Bertz CT molecular complexity index is 3710. The first-order valence-electron chi connectivity index (χ1n) is 30.3. The lowest BCUT2D eigenvalue weighted by atomic mass is 9.78. The Kier molecular flexibility index (Phi) is 19.4. The van der Waals surface area contributed by atoms with Crippen LogP contribution in [0, 0.1) is 11.8 Å². The van der Waals surface area contributed by atoms with E-state index in [1.165, 1.54) is 32.2 Å². The number of carbonyl (C=O) groups is 9. The fraction of sp³-hybridized carbons (Fsp3) is 0.438. The molecule has 4 fully saturated rings. The first-order valence-corrected chi connectivity index (χ1v) is 31.9. The molecular weight excluding hydrogens is 1150 g/mol. The number of H-pyrrole nitrogens is 1. The smallest absolute Gasteiger partial charge is 0.370 e. The number of aromatic amines is 1. The molecule has 4 aromatic carbocycles. The third-order valence-corrected chi connectivity index (χ3v) is 19.6. The molecule has 4 aliphatic rings. The Hall–Kier alpha value is -8.53. The Balaban J connectivity index is 0.855. The number of primary amides is 1. The number of fused-ring (bicyclic) bond motifs is 3. The quantitative estimate of drug-likeness (QED) is 0.0337. The number of benzene rings is 4. The van der Waals surface area contributed by atoms with Crippen LogP contribution >= 0.6 is 7.60 Å². The van der Waals surface area contributed by atoms with Crippen LogP contribution in [0.25, 0.3) is 21.9 Å². The first-order chi connectivity index (χ1) is 42.3. The molecule has 0 bridgehead atoms. The van der Waals surface area contributed by atoms with Crippen molar-refractivity contribution in [3.05, 3.63) is 142 Å². The standard InChI is InChI=1S/C64H75N10O13P/c1-4-86-88(85,87-5-2)63(83)43-21-23-46-44(35-43)36-48(66-46)59(79)68-49-37-72(56(77)34-39-18-16-38(17-19-39)32-40-20-25-50-53(33-40)71(3)64(84)74(50)52-27-29-55(76)69-61(52)81)31-30-45-22-26-51(73(45)62(49)82)60(80)67-47(24-28-54(65)75)58(78)70-57(41-12-8-6-9-13-41)42-14-10-7-11-15-42/h6-15,20-21,23,25,33,35-36,38-39,45,47,49,51-52,57,66H,4-5,16-19,22,24,26-32,34,37H2,1-3H3,(H2,65,75)(H,67,80)(H,68,79)(H,70,78)(H,69,76,81)/t38?,39?,45-,47+,49+,51+,52-/m1/s1. The van der Waals surface area contributed by atoms with Gasteiger partial charge in [-0.1, -0.05) is 66.7 Å². The molecule has 1 aliphatic carbocycles. The second kappa shape index (κ2) is 27.2. The van der Waals surface area contributed by atoms with Gasteiger partial charge in [0, 0.05) is 61.9 Å². The molecule has 88 heavy (non-hydrogen) atoms. The van der Waals surface area contributed by atoms with Gasteiger partial charge in [0.1, 0.15) is 29.9 Å². The van der Waals surface area contributed by atoms with Gasteiger partial charge < -0.3 is 45.5 Å². The molecule has 3 saturated heterocycles. The highest BCUT2D eigenvalue weighted by molar-refractivity contribution is 7.72. The van der Waals surface area contributed by atoms with E-state index in [2.05, 4.69) is 26.3 Å². The number of nitrogens with one attached hydrogen (secondary N) is 5. The maximum Gasteiger partial charge on any atom is 0.401 e. The van der Waals surface area contributed by atoms with Crippen LogP contribution in [0.5, 0.6) is 0 Å². The predicted molar refractivity (Wildman–Crippen MR) is 325 cm³/mol. The van der Waals surface area contributed by atoms with Crippen molar-refractivity contribution in [3.63, 3.8) is 0 Å². The van der Waals surface area contributed by atoms with E-state index in [1.54, 1.807) is 31.9 Å². The molecule has 3 aliphatic heterocycles. The molecule has 5 atom stereocenters. The van der Waals surface area contributed by atoms with Crippen LogP contribution < -0.4 is 32.7 Å². The molecule has 0 spiro atoms. The van der Waals surface area contributed by atoms with Gasteiger partial charge in [0.25, 0.3) is 11.4 Å². The lowest BCUT2D eigenvalue weighted by molar-refractivity contribution is -0.146. The number of hydrogen-bond donors (Lipinski definition) is 6. The molecule has 2 aromatic heterocycles. The number of carbonyl (C=O) groups excluding carboxylic acids is 9. The minimum Gasteiger partial charge on any atom is -0.370 e. The highest BCUT2D eigenvalue weighted by Gasteiger charge is 2.47. The second-order valence-corrected chi connectivity index (χ2v) is 25.3. The fourth-order valence-electron chi connectivity index (χ4n) is 13.1. The Morgan fingerprint density at radius 2 is 1.44 bits per heavy atom. The molecule has 23 nitrogen and oxygen atoms in total. The number of imidazole rings is 1. The third-order valence-electron chi connectivity index (χ3n) is 17.6.